The molecule has 2 aromatic carbocycles. The van der Waals surface area contributed by atoms with Gasteiger partial charge in [-0.15, -0.1) is 0 Å². The summed E-state index contributed by atoms with van der Waals surface area (Å²) < 4.78 is 8.72. The number of nitrogens with zero attached hydrogens (tertiary/aromatic N) is 5. The number of ether oxygens (including phenoxy) is 1. The van der Waals surface area contributed by atoms with Crippen LogP contribution in [0.15, 0.2) is 73.4 Å². The van der Waals surface area contributed by atoms with Crippen LogP contribution in [0, 0.1) is 0 Å². The van der Waals surface area contributed by atoms with E-state index in [2.05, 4.69) is 20.5 Å². The van der Waals surface area contributed by atoms with Crippen LogP contribution in [-0.4, -0.2) is 37.6 Å². The minimum atomic E-state index is -0.289. The van der Waals surface area contributed by atoms with Gasteiger partial charge >= 0.3 is 0 Å². The predicted octanol–water partition coefficient (Wildman–Crippen LogP) is 2.45. The van der Waals surface area contributed by atoms with Gasteiger partial charge in [0.15, 0.2) is 11.4 Å². The maximum atomic E-state index is 12.6. The molecule has 0 spiro atoms. The molecule has 2 aromatic heterocycles. The van der Waals surface area contributed by atoms with Gasteiger partial charge in [0.05, 0.1) is 25.5 Å². The van der Waals surface area contributed by atoms with E-state index in [9.17, 15) is 4.79 Å². The molecule has 0 saturated carbocycles. The summed E-state index contributed by atoms with van der Waals surface area (Å²) in [6.45, 7) is 1.05. The number of carbonyl (C=O) groups excluding carboxylic acids is 1. The summed E-state index contributed by atoms with van der Waals surface area (Å²) in [5.41, 5.74) is 3.20. The average Bonchev–Trinajstić information content (AvgIpc) is 3.43. The third-order valence-corrected chi connectivity index (χ3v) is 4.42. The van der Waals surface area contributed by atoms with E-state index in [1.54, 1.807) is 21.9 Å². The fourth-order valence-corrected chi connectivity index (χ4v) is 2.91. The third kappa shape index (κ3) is 4.32. The van der Waals surface area contributed by atoms with E-state index in [-0.39, 0.29) is 11.6 Å². The lowest BCUT2D eigenvalue weighted by Gasteiger charge is -2.06. The maximum Gasteiger partial charge on any atom is 0.275 e. The second kappa shape index (κ2) is 8.39. The van der Waals surface area contributed by atoms with Crippen molar-refractivity contribution in [2.75, 3.05) is 7.11 Å². The average molecular weight is 388 g/mol. The Morgan fingerprint density at radius 3 is 2.52 bits per heavy atom. The first-order chi connectivity index (χ1) is 14.2. The molecule has 0 unspecified atom stereocenters. The Kier molecular flexibility index (Phi) is 5.33. The van der Waals surface area contributed by atoms with Gasteiger partial charge in [-0.05, 0) is 23.3 Å². The molecule has 0 aliphatic carbocycles. The van der Waals surface area contributed by atoms with Crippen LogP contribution in [0.1, 0.15) is 21.6 Å². The third-order valence-electron chi connectivity index (χ3n) is 4.42. The van der Waals surface area contributed by atoms with E-state index in [1.165, 1.54) is 13.4 Å². The van der Waals surface area contributed by atoms with Crippen LogP contribution < -0.4 is 10.1 Å². The molecule has 146 valence electrons. The highest BCUT2D eigenvalue weighted by Gasteiger charge is 2.18. The molecule has 2 heterocycles. The fraction of sp³-hybridized carbons (Fsp3) is 0.143. The van der Waals surface area contributed by atoms with Crippen molar-refractivity contribution in [2.45, 2.75) is 13.1 Å². The van der Waals surface area contributed by atoms with Crippen molar-refractivity contribution in [1.82, 2.24) is 29.9 Å². The summed E-state index contributed by atoms with van der Waals surface area (Å²) >= 11 is 0. The van der Waals surface area contributed by atoms with E-state index in [4.69, 9.17) is 4.74 Å². The molecule has 0 aliphatic heterocycles. The van der Waals surface area contributed by atoms with Crippen LogP contribution in [0.5, 0.6) is 5.75 Å². The minimum Gasteiger partial charge on any atom is -0.493 e. The number of hydrogen-bond donors (Lipinski definition) is 1. The second-order valence-corrected chi connectivity index (χ2v) is 6.42. The van der Waals surface area contributed by atoms with Crippen LogP contribution in [0.2, 0.25) is 0 Å². The van der Waals surface area contributed by atoms with Gasteiger partial charge in [-0.2, -0.15) is 10.2 Å². The number of nitrogens with one attached hydrogen (secondary N) is 1. The zero-order chi connectivity index (χ0) is 20.1. The van der Waals surface area contributed by atoms with Gasteiger partial charge < -0.3 is 10.1 Å². The number of benzene rings is 2. The molecule has 29 heavy (non-hydrogen) atoms. The zero-order valence-electron chi connectivity index (χ0n) is 15.9. The van der Waals surface area contributed by atoms with Gasteiger partial charge in [-0.3, -0.25) is 4.79 Å². The van der Waals surface area contributed by atoms with E-state index < -0.39 is 0 Å². The normalized spacial score (nSPS) is 10.7. The van der Waals surface area contributed by atoms with Gasteiger partial charge in [0.25, 0.3) is 5.91 Å². The molecule has 8 nitrogen and oxygen atoms in total. The first kappa shape index (κ1) is 18.4. The van der Waals surface area contributed by atoms with Crippen LogP contribution in [0.3, 0.4) is 0 Å². The van der Waals surface area contributed by atoms with Gasteiger partial charge in [0.2, 0.25) is 0 Å². The van der Waals surface area contributed by atoms with Crippen LogP contribution in [0.4, 0.5) is 0 Å². The Morgan fingerprint density at radius 1 is 1.07 bits per heavy atom. The molecule has 4 rings (SSSR count). The van der Waals surface area contributed by atoms with Crippen molar-refractivity contribution in [3.63, 3.8) is 0 Å². The van der Waals surface area contributed by atoms with Crippen molar-refractivity contribution in [3.8, 4) is 11.4 Å². The van der Waals surface area contributed by atoms with E-state index >= 15 is 0 Å². The number of methoxy groups -OCH3 is 1. The molecule has 8 heteroatoms. The lowest BCUT2D eigenvalue weighted by molar-refractivity contribution is 0.0942. The molecule has 0 fully saturated rings. The quantitative estimate of drug-likeness (QED) is 0.526. The first-order valence-corrected chi connectivity index (χ1v) is 9.10. The standard InChI is InChI=1S/C21H20N6O2/c1-29-19-13-27(18-5-3-2-4-6-18)25-20(19)21(28)23-11-16-7-9-17(10-8-16)12-26-15-22-14-24-26/h2-10,13-15H,11-12H2,1H3,(H,23,28). The lowest BCUT2D eigenvalue weighted by Crippen LogP contribution is -2.24. The summed E-state index contributed by atoms with van der Waals surface area (Å²) in [6.07, 6.45) is 4.89. The predicted molar refractivity (Wildman–Crippen MR) is 107 cm³/mol. The highest BCUT2D eigenvalue weighted by molar-refractivity contribution is 5.94. The highest BCUT2D eigenvalue weighted by atomic mass is 16.5. The zero-order valence-corrected chi connectivity index (χ0v) is 15.9. The highest BCUT2D eigenvalue weighted by Crippen LogP contribution is 2.19. The number of carbonyl (C=O) groups is 1. The van der Waals surface area contributed by atoms with Crippen molar-refractivity contribution in [2.24, 2.45) is 0 Å². The fourth-order valence-electron chi connectivity index (χ4n) is 2.91. The maximum absolute atomic E-state index is 12.6. The van der Waals surface area contributed by atoms with Crippen LogP contribution in [0.25, 0.3) is 5.69 Å². The molecule has 0 aliphatic rings. The van der Waals surface area contributed by atoms with Crippen molar-refractivity contribution < 1.29 is 9.53 Å². The number of rotatable bonds is 7. The summed E-state index contributed by atoms with van der Waals surface area (Å²) in [6, 6.07) is 17.5. The van der Waals surface area contributed by atoms with Crippen molar-refractivity contribution in [3.05, 3.63) is 90.3 Å². The smallest absolute Gasteiger partial charge is 0.275 e. The van der Waals surface area contributed by atoms with E-state index in [0.29, 0.717) is 18.8 Å². The largest absolute Gasteiger partial charge is 0.493 e. The Hall–Kier alpha value is -3.94. The van der Waals surface area contributed by atoms with Crippen LogP contribution >= 0.6 is 0 Å². The lowest BCUT2D eigenvalue weighted by atomic mass is 10.1. The summed E-state index contributed by atoms with van der Waals surface area (Å²) in [5, 5.41) is 11.4. The number of hydrogen-bond acceptors (Lipinski definition) is 5. The van der Waals surface area contributed by atoms with Gasteiger partial charge in [-0.1, -0.05) is 42.5 Å². The number of para-hydroxylation sites is 1. The molecule has 0 radical (unpaired) electrons. The van der Waals surface area contributed by atoms with E-state index in [1.807, 2.05) is 54.6 Å². The SMILES string of the molecule is COc1cn(-c2ccccc2)nc1C(=O)NCc1ccc(Cn2cncn2)cc1. The molecular formula is C21H20N6O2. The second-order valence-electron chi connectivity index (χ2n) is 6.42. The van der Waals surface area contributed by atoms with E-state index in [0.717, 1.165) is 16.8 Å². The molecule has 1 amide bonds. The van der Waals surface area contributed by atoms with Crippen LogP contribution in [-0.2, 0) is 13.1 Å². The minimum absolute atomic E-state index is 0.249. The monoisotopic (exact) mass is 388 g/mol. The summed E-state index contributed by atoms with van der Waals surface area (Å²) in [5.74, 6) is 0.137. The Labute approximate surface area is 167 Å². The molecule has 0 atom stereocenters. The molecule has 0 saturated heterocycles. The number of aromatic nitrogens is 5. The van der Waals surface area contributed by atoms with Crippen molar-refractivity contribution >= 4 is 5.91 Å². The topological polar surface area (TPSA) is 86.9 Å². The Bertz CT molecular complexity index is 1070. The summed E-state index contributed by atoms with van der Waals surface area (Å²) in [4.78, 5) is 16.6. The molecule has 1 N–H and O–H groups in total. The summed E-state index contributed by atoms with van der Waals surface area (Å²) in [7, 11) is 1.52. The van der Waals surface area contributed by atoms with Gasteiger partial charge in [0.1, 0.15) is 12.7 Å². The molecule has 4 aromatic rings. The first-order valence-electron chi connectivity index (χ1n) is 9.10. The molecular weight excluding hydrogens is 368 g/mol. The van der Waals surface area contributed by atoms with Gasteiger partial charge in [0, 0.05) is 6.54 Å². The Balaban J connectivity index is 1.41. The number of amides is 1. The van der Waals surface area contributed by atoms with Crippen molar-refractivity contribution in [1.29, 1.82) is 0 Å². The Morgan fingerprint density at radius 2 is 1.83 bits per heavy atom. The van der Waals surface area contributed by atoms with Gasteiger partial charge in [-0.25, -0.2) is 14.3 Å². The molecule has 0 bridgehead atoms.